The predicted molar refractivity (Wildman–Crippen MR) is 89.3 cm³/mol. The number of nitrogens with zero attached hydrogens (tertiary/aromatic N) is 1. The molecular weight excluding hydrogens is 258 g/mol. The van der Waals surface area contributed by atoms with Crippen LogP contribution in [-0.4, -0.2) is 11.9 Å². The largest absolute Gasteiger partial charge is 0.306 e. The Morgan fingerprint density at radius 2 is 1.62 bits per heavy atom. The van der Waals surface area contributed by atoms with Crippen LogP contribution in [0.15, 0.2) is 60.7 Å². The summed E-state index contributed by atoms with van der Waals surface area (Å²) in [5, 5.41) is 0. The van der Waals surface area contributed by atoms with Crippen LogP contribution in [0.3, 0.4) is 0 Å². The summed E-state index contributed by atoms with van der Waals surface area (Å²) in [6.45, 7) is 6.09. The fourth-order valence-corrected chi connectivity index (χ4v) is 2.19. The van der Waals surface area contributed by atoms with E-state index >= 15 is 0 Å². The van der Waals surface area contributed by atoms with Crippen molar-refractivity contribution >= 4 is 17.7 Å². The number of aryl methyl sites for hydroxylation is 1. The highest BCUT2D eigenvalue weighted by Crippen LogP contribution is 2.17. The van der Waals surface area contributed by atoms with Crippen LogP contribution in [0.5, 0.6) is 0 Å². The molecule has 2 nitrogen and oxygen atoms in total. The predicted octanol–water partition coefficient (Wildman–Crippen LogP) is 4.45. The fourth-order valence-electron chi connectivity index (χ4n) is 2.19. The van der Waals surface area contributed by atoms with Crippen molar-refractivity contribution in [2.24, 2.45) is 0 Å². The average molecular weight is 279 g/mol. The van der Waals surface area contributed by atoms with Crippen LogP contribution in [0.4, 0.5) is 5.69 Å². The summed E-state index contributed by atoms with van der Waals surface area (Å²) in [5.41, 5.74) is 3.17. The minimum atomic E-state index is -0.00299. The highest BCUT2D eigenvalue weighted by molar-refractivity contribution is 6.04. The first-order valence-electron chi connectivity index (χ1n) is 7.21. The molecule has 108 valence electrons. The molecule has 2 rings (SSSR count). The Hall–Kier alpha value is -2.35. The Kier molecular flexibility index (Phi) is 4.94. The molecule has 0 atom stereocenters. The van der Waals surface area contributed by atoms with E-state index in [1.54, 1.807) is 11.0 Å². The van der Waals surface area contributed by atoms with Gasteiger partial charge in [0.1, 0.15) is 0 Å². The molecule has 0 heterocycles. The van der Waals surface area contributed by atoms with Gasteiger partial charge in [0.15, 0.2) is 0 Å². The Labute approximate surface area is 126 Å². The Morgan fingerprint density at radius 3 is 2.19 bits per heavy atom. The Morgan fingerprint density at radius 1 is 1.00 bits per heavy atom. The molecule has 0 bridgehead atoms. The molecule has 0 fully saturated rings. The Balaban J connectivity index is 2.18. The fraction of sp³-hybridized carbons (Fsp3) is 0.211. The van der Waals surface area contributed by atoms with Gasteiger partial charge in [0.05, 0.1) is 0 Å². The second-order valence-corrected chi connectivity index (χ2v) is 5.38. The molecule has 0 saturated carbocycles. The minimum absolute atomic E-state index is 0.00299. The van der Waals surface area contributed by atoms with Crippen LogP contribution >= 0.6 is 0 Å². The van der Waals surface area contributed by atoms with Crippen molar-refractivity contribution in [1.29, 1.82) is 0 Å². The maximum absolute atomic E-state index is 12.5. The summed E-state index contributed by atoms with van der Waals surface area (Å²) >= 11 is 0. The van der Waals surface area contributed by atoms with Gasteiger partial charge >= 0.3 is 0 Å². The quantitative estimate of drug-likeness (QED) is 0.757. The van der Waals surface area contributed by atoms with Crippen molar-refractivity contribution in [2.75, 3.05) is 4.90 Å². The molecule has 0 spiro atoms. The van der Waals surface area contributed by atoms with Crippen molar-refractivity contribution in [3.05, 3.63) is 71.8 Å². The van der Waals surface area contributed by atoms with Gasteiger partial charge in [0.2, 0.25) is 0 Å². The second kappa shape index (κ2) is 6.89. The van der Waals surface area contributed by atoms with Crippen molar-refractivity contribution in [1.82, 2.24) is 0 Å². The van der Waals surface area contributed by atoms with E-state index in [0.29, 0.717) is 0 Å². The number of carbonyl (C=O) groups is 1. The summed E-state index contributed by atoms with van der Waals surface area (Å²) in [7, 11) is 0. The SMILES string of the molecule is Cc1ccc(C=CC(=O)N(c2ccccc2)C(C)C)cc1. The zero-order valence-electron chi connectivity index (χ0n) is 12.8. The van der Waals surface area contributed by atoms with Gasteiger partial charge in [-0.25, -0.2) is 0 Å². The first kappa shape index (κ1) is 15.0. The lowest BCUT2D eigenvalue weighted by Gasteiger charge is -2.25. The molecule has 0 unspecified atom stereocenters. The van der Waals surface area contributed by atoms with E-state index in [9.17, 15) is 4.79 Å². The summed E-state index contributed by atoms with van der Waals surface area (Å²) in [6.07, 6.45) is 3.50. The molecule has 0 aromatic heterocycles. The highest BCUT2D eigenvalue weighted by Gasteiger charge is 2.16. The molecule has 0 aliphatic rings. The van der Waals surface area contributed by atoms with E-state index in [4.69, 9.17) is 0 Å². The topological polar surface area (TPSA) is 20.3 Å². The van der Waals surface area contributed by atoms with Gasteiger partial charge in [0.25, 0.3) is 5.91 Å². The van der Waals surface area contributed by atoms with Gasteiger partial charge < -0.3 is 4.90 Å². The number of carbonyl (C=O) groups excluding carboxylic acids is 1. The summed E-state index contributed by atoms with van der Waals surface area (Å²) in [5.74, 6) is -0.00299. The minimum Gasteiger partial charge on any atom is -0.306 e. The molecular formula is C19H21NO. The number of anilines is 1. The molecule has 0 aliphatic carbocycles. The standard InChI is InChI=1S/C19H21NO/c1-15(2)20(18-7-5-4-6-8-18)19(21)14-13-17-11-9-16(3)10-12-17/h4-15H,1-3H3. The van der Waals surface area contributed by atoms with E-state index in [2.05, 4.69) is 6.92 Å². The van der Waals surface area contributed by atoms with Crippen LogP contribution < -0.4 is 4.90 Å². The molecule has 0 aliphatic heterocycles. The van der Waals surface area contributed by atoms with Crippen LogP contribution in [0.1, 0.15) is 25.0 Å². The third-order valence-corrected chi connectivity index (χ3v) is 3.28. The van der Waals surface area contributed by atoms with Crippen LogP contribution in [0.2, 0.25) is 0 Å². The maximum atomic E-state index is 12.5. The number of para-hydroxylation sites is 1. The molecule has 2 heteroatoms. The molecule has 1 amide bonds. The highest BCUT2D eigenvalue weighted by atomic mass is 16.2. The van der Waals surface area contributed by atoms with Crippen molar-refractivity contribution < 1.29 is 4.79 Å². The molecule has 21 heavy (non-hydrogen) atoms. The normalized spacial score (nSPS) is 11.0. The zero-order valence-corrected chi connectivity index (χ0v) is 12.8. The van der Waals surface area contributed by atoms with Crippen LogP contribution in [0, 0.1) is 6.92 Å². The van der Waals surface area contributed by atoms with E-state index in [1.165, 1.54) is 5.56 Å². The second-order valence-electron chi connectivity index (χ2n) is 5.38. The smallest absolute Gasteiger partial charge is 0.251 e. The Bertz CT molecular complexity index is 612. The summed E-state index contributed by atoms with van der Waals surface area (Å²) in [6, 6.07) is 18.0. The van der Waals surface area contributed by atoms with Crippen molar-refractivity contribution in [3.63, 3.8) is 0 Å². The maximum Gasteiger partial charge on any atom is 0.251 e. The monoisotopic (exact) mass is 279 g/mol. The number of hydrogen-bond acceptors (Lipinski definition) is 1. The molecule has 0 saturated heterocycles. The molecule has 2 aromatic carbocycles. The van der Waals surface area contributed by atoms with Gasteiger partial charge in [-0.15, -0.1) is 0 Å². The van der Waals surface area contributed by atoms with Gasteiger partial charge in [-0.2, -0.15) is 0 Å². The number of benzene rings is 2. The lowest BCUT2D eigenvalue weighted by Crippen LogP contribution is -2.35. The molecule has 0 N–H and O–H groups in total. The third kappa shape index (κ3) is 4.06. The van der Waals surface area contributed by atoms with Crippen LogP contribution in [0.25, 0.3) is 6.08 Å². The number of hydrogen-bond donors (Lipinski definition) is 0. The van der Waals surface area contributed by atoms with E-state index in [-0.39, 0.29) is 11.9 Å². The van der Waals surface area contributed by atoms with Gasteiger partial charge in [0, 0.05) is 17.8 Å². The number of amides is 1. The van der Waals surface area contributed by atoms with E-state index in [1.807, 2.05) is 74.5 Å². The lowest BCUT2D eigenvalue weighted by atomic mass is 10.1. The van der Waals surface area contributed by atoms with Crippen LogP contribution in [-0.2, 0) is 4.79 Å². The van der Waals surface area contributed by atoms with Gasteiger partial charge in [-0.05, 0) is 44.5 Å². The number of rotatable bonds is 4. The van der Waals surface area contributed by atoms with Gasteiger partial charge in [-0.3, -0.25) is 4.79 Å². The first-order chi connectivity index (χ1) is 10.1. The summed E-state index contributed by atoms with van der Waals surface area (Å²) in [4.78, 5) is 14.3. The van der Waals surface area contributed by atoms with Crippen molar-refractivity contribution in [2.45, 2.75) is 26.8 Å². The van der Waals surface area contributed by atoms with Gasteiger partial charge in [-0.1, -0.05) is 48.0 Å². The molecule has 0 radical (unpaired) electrons. The zero-order chi connectivity index (χ0) is 15.2. The summed E-state index contributed by atoms with van der Waals surface area (Å²) < 4.78 is 0. The lowest BCUT2D eigenvalue weighted by molar-refractivity contribution is -0.114. The molecule has 2 aromatic rings. The average Bonchev–Trinajstić information content (AvgIpc) is 2.47. The van der Waals surface area contributed by atoms with E-state index < -0.39 is 0 Å². The third-order valence-electron chi connectivity index (χ3n) is 3.28. The van der Waals surface area contributed by atoms with E-state index in [0.717, 1.165) is 11.3 Å². The van der Waals surface area contributed by atoms with Crippen molar-refractivity contribution in [3.8, 4) is 0 Å². The first-order valence-corrected chi connectivity index (χ1v) is 7.21.